The lowest BCUT2D eigenvalue weighted by molar-refractivity contribution is -0.158. The number of rotatable bonds is 1. The maximum Gasteiger partial charge on any atom is 0.248 e. The third kappa shape index (κ3) is 1.52. The first-order valence-corrected chi connectivity index (χ1v) is 5.48. The molecule has 1 saturated heterocycles. The average molecular weight is 210 g/mol. The third-order valence-electron chi connectivity index (χ3n) is 3.62. The summed E-state index contributed by atoms with van der Waals surface area (Å²) < 4.78 is 0. The first-order chi connectivity index (χ1) is 6.85. The summed E-state index contributed by atoms with van der Waals surface area (Å²) in [7, 11) is 0. The molecule has 0 aromatic rings. The highest BCUT2D eigenvalue weighted by Crippen LogP contribution is 2.38. The summed E-state index contributed by atoms with van der Waals surface area (Å²) in [6, 6.07) is 0. The smallest absolute Gasteiger partial charge is 0.248 e. The summed E-state index contributed by atoms with van der Waals surface area (Å²) in [5, 5.41) is 2.73. The SMILES string of the molecule is CC1(C)NC(=O)CN(C2(C)CCC2)C1=O. The van der Waals surface area contributed by atoms with Gasteiger partial charge in [0.2, 0.25) is 11.8 Å². The highest BCUT2D eigenvalue weighted by atomic mass is 16.2. The maximum atomic E-state index is 12.1. The Bertz CT molecular complexity index is 319. The quantitative estimate of drug-likeness (QED) is 0.691. The molecule has 2 amide bonds. The Kier molecular flexibility index (Phi) is 2.07. The van der Waals surface area contributed by atoms with Crippen molar-refractivity contribution >= 4 is 11.8 Å². The number of amides is 2. The molecule has 2 aliphatic rings. The van der Waals surface area contributed by atoms with Gasteiger partial charge in [-0.2, -0.15) is 0 Å². The number of nitrogens with zero attached hydrogens (tertiary/aromatic N) is 1. The van der Waals surface area contributed by atoms with Crippen molar-refractivity contribution in [2.45, 2.75) is 51.1 Å². The van der Waals surface area contributed by atoms with E-state index in [0.717, 1.165) is 19.3 Å². The van der Waals surface area contributed by atoms with Gasteiger partial charge in [0.15, 0.2) is 0 Å². The number of carbonyl (C=O) groups is 2. The predicted molar refractivity (Wildman–Crippen MR) is 56.2 cm³/mol. The van der Waals surface area contributed by atoms with E-state index in [1.807, 2.05) is 0 Å². The van der Waals surface area contributed by atoms with Gasteiger partial charge in [-0.05, 0) is 40.0 Å². The highest BCUT2D eigenvalue weighted by molar-refractivity contribution is 5.97. The lowest BCUT2D eigenvalue weighted by Gasteiger charge is -2.52. The summed E-state index contributed by atoms with van der Waals surface area (Å²) in [6.45, 7) is 5.82. The average Bonchev–Trinajstić information content (AvgIpc) is 2.06. The molecule has 15 heavy (non-hydrogen) atoms. The zero-order valence-electron chi connectivity index (χ0n) is 9.59. The number of piperazine rings is 1. The summed E-state index contributed by atoms with van der Waals surface area (Å²) in [5.74, 6) is -0.00275. The standard InChI is InChI=1S/C11H18N2O2/c1-10(2)9(15)13(7-8(14)12-10)11(3)5-4-6-11/h4-7H2,1-3H3,(H,12,14). The summed E-state index contributed by atoms with van der Waals surface area (Å²) in [5.41, 5.74) is -0.819. The van der Waals surface area contributed by atoms with E-state index >= 15 is 0 Å². The van der Waals surface area contributed by atoms with Gasteiger partial charge in [-0.1, -0.05) is 0 Å². The first-order valence-electron chi connectivity index (χ1n) is 5.48. The fourth-order valence-corrected chi connectivity index (χ4v) is 2.39. The van der Waals surface area contributed by atoms with Gasteiger partial charge in [0.05, 0.1) is 0 Å². The molecule has 1 saturated carbocycles. The third-order valence-corrected chi connectivity index (χ3v) is 3.62. The molecule has 0 aromatic carbocycles. The molecule has 0 radical (unpaired) electrons. The zero-order chi connectivity index (χ0) is 11.3. The van der Waals surface area contributed by atoms with Crippen molar-refractivity contribution in [2.24, 2.45) is 0 Å². The van der Waals surface area contributed by atoms with E-state index in [4.69, 9.17) is 0 Å². The van der Waals surface area contributed by atoms with Crippen LogP contribution >= 0.6 is 0 Å². The second kappa shape index (κ2) is 2.97. The Morgan fingerprint density at radius 3 is 2.27 bits per heavy atom. The molecule has 1 N–H and O–H groups in total. The van der Waals surface area contributed by atoms with Crippen molar-refractivity contribution in [3.8, 4) is 0 Å². The van der Waals surface area contributed by atoms with E-state index in [-0.39, 0.29) is 23.9 Å². The van der Waals surface area contributed by atoms with E-state index in [0.29, 0.717) is 0 Å². The van der Waals surface area contributed by atoms with E-state index in [1.54, 1.807) is 18.7 Å². The number of carbonyl (C=O) groups excluding carboxylic acids is 2. The van der Waals surface area contributed by atoms with Gasteiger partial charge in [-0.15, -0.1) is 0 Å². The van der Waals surface area contributed by atoms with Crippen LogP contribution in [0.2, 0.25) is 0 Å². The Hall–Kier alpha value is -1.06. The molecule has 0 aromatic heterocycles. The van der Waals surface area contributed by atoms with Crippen LogP contribution in [0.3, 0.4) is 0 Å². The van der Waals surface area contributed by atoms with E-state index < -0.39 is 5.54 Å². The van der Waals surface area contributed by atoms with Gasteiger partial charge >= 0.3 is 0 Å². The van der Waals surface area contributed by atoms with Crippen LogP contribution in [0.5, 0.6) is 0 Å². The second-order valence-corrected chi connectivity index (χ2v) is 5.41. The maximum absolute atomic E-state index is 12.1. The van der Waals surface area contributed by atoms with E-state index in [1.165, 1.54) is 0 Å². The molecule has 2 fully saturated rings. The molecule has 2 rings (SSSR count). The number of nitrogens with one attached hydrogen (secondary N) is 1. The van der Waals surface area contributed by atoms with Crippen LogP contribution in [-0.2, 0) is 9.59 Å². The normalized spacial score (nSPS) is 28.3. The fraction of sp³-hybridized carbons (Fsp3) is 0.818. The largest absolute Gasteiger partial charge is 0.341 e. The summed E-state index contributed by atoms with van der Waals surface area (Å²) >= 11 is 0. The monoisotopic (exact) mass is 210 g/mol. The van der Waals surface area contributed by atoms with Crippen LogP contribution in [0.25, 0.3) is 0 Å². The van der Waals surface area contributed by atoms with Crippen molar-refractivity contribution in [1.82, 2.24) is 10.2 Å². The summed E-state index contributed by atoms with van der Waals surface area (Å²) in [4.78, 5) is 25.4. The van der Waals surface area contributed by atoms with Crippen LogP contribution in [-0.4, -0.2) is 34.3 Å². The van der Waals surface area contributed by atoms with Crippen LogP contribution in [0.4, 0.5) is 0 Å². The van der Waals surface area contributed by atoms with E-state index in [2.05, 4.69) is 12.2 Å². The molecule has 0 bridgehead atoms. The lowest BCUT2D eigenvalue weighted by atomic mass is 9.75. The van der Waals surface area contributed by atoms with Gasteiger partial charge in [0.25, 0.3) is 0 Å². The molecule has 1 heterocycles. The van der Waals surface area contributed by atoms with Crippen LogP contribution in [0.15, 0.2) is 0 Å². The molecular formula is C11H18N2O2. The molecule has 4 heteroatoms. The Morgan fingerprint density at radius 1 is 1.20 bits per heavy atom. The van der Waals surface area contributed by atoms with Crippen molar-refractivity contribution in [3.05, 3.63) is 0 Å². The Labute approximate surface area is 90.0 Å². The molecule has 0 atom stereocenters. The second-order valence-electron chi connectivity index (χ2n) is 5.41. The lowest BCUT2D eigenvalue weighted by Crippen LogP contribution is -2.69. The van der Waals surface area contributed by atoms with Gasteiger partial charge in [0, 0.05) is 5.54 Å². The number of hydrogen-bond acceptors (Lipinski definition) is 2. The predicted octanol–water partition coefficient (Wildman–Crippen LogP) is 0.666. The van der Waals surface area contributed by atoms with E-state index in [9.17, 15) is 9.59 Å². The molecule has 1 aliphatic heterocycles. The zero-order valence-corrected chi connectivity index (χ0v) is 9.59. The van der Waals surface area contributed by atoms with Gasteiger partial charge < -0.3 is 10.2 Å². The molecule has 1 aliphatic carbocycles. The number of hydrogen-bond donors (Lipinski definition) is 1. The van der Waals surface area contributed by atoms with Crippen molar-refractivity contribution in [2.75, 3.05) is 6.54 Å². The molecular weight excluding hydrogens is 192 g/mol. The van der Waals surface area contributed by atoms with Crippen molar-refractivity contribution in [1.29, 1.82) is 0 Å². The van der Waals surface area contributed by atoms with Gasteiger partial charge in [0.1, 0.15) is 12.1 Å². The van der Waals surface area contributed by atoms with Crippen LogP contribution in [0, 0.1) is 0 Å². The summed E-state index contributed by atoms with van der Waals surface area (Å²) in [6.07, 6.45) is 3.19. The Morgan fingerprint density at radius 2 is 1.80 bits per heavy atom. The fourth-order valence-electron chi connectivity index (χ4n) is 2.39. The first kappa shape index (κ1) is 10.5. The van der Waals surface area contributed by atoms with Crippen LogP contribution < -0.4 is 5.32 Å². The minimum Gasteiger partial charge on any atom is -0.341 e. The van der Waals surface area contributed by atoms with Crippen molar-refractivity contribution < 1.29 is 9.59 Å². The molecule has 0 unspecified atom stereocenters. The van der Waals surface area contributed by atoms with Crippen LogP contribution in [0.1, 0.15) is 40.0 Å². The highest BCUT2D eigenvalue weighted by Gasteiger charge is 2.48. The minimum absolute atomic E-state index is 0.0456. The van der Waals surface area contributed by atoms with Crippen molar-refractivity contribution in [3.63, 3.8) is 0 Å². The van der Waals surface area contributed by atoms with Gasteiger partial charge in [-0.3, -0.25) is 9.59 Å². The minimum atomic E-state index is -0.742. The molecule has 0 spiro atoms. The van der Waals surface area contributed by atoms with Gasteiger partial charge in [-0.25, -0.2) is 0 Å². The molecule has 84 valence electrons. The molecule has 4 nitrogen and oxygen atoms in total. The Balaban J connectivity index is 2.24. The topological polar surface area (TPSA) is 49.4 Å².